The van der Waals surface area contributed by atoms with Gasteiger partial charge in [-0.15, -0.1) is 0 Å². The Bertz CT molecular complexity index is 1060. The van der Waals surface area contributed by atoms with Gasteiger partial charge < -0.3 is 5.11 Å². The van der Waals surface area contributed by atoms with Crippen LogP contribution in [-0.2, 0) is 17.3 Å². The van der Waals surface area contributed by atoms with Crippen LogP contribution >= 0.6 is 0 Å². The topological polar surface area (TPSA) is 26.7 Å². The summed E-state index contributed by atoms with van der Waals surface area (Å²) in [5.74, 6) is 2.36. The molecule has 1 unspecified atom stereocenters. The molecule has 2 saturated heterocycles. The molecule has 2 heterocycles. The van der Waals surface area contributed by atoms with E-state index in [4.69, 9.17) is 0 Å². The Morgan fingerprint density at radius 3 is 1.31 bits per heavy atom. The number of phenols is 1. The molecule has 2 aliphatic heterocycles. The Morgan fingerprint density at radius 2 is 1.02 bits per heavy atom. The molecule has 260 valence electrons. The van der Waals surface area contributed by atoms with Gasteiger partial charge in [-0.1, -0.05) is 80.4 Å². The summed E-state index contributed by atoms with van der Waals surface area (Å²) in [6.07, 6.45) is 9.84. The summed E-state index contributed by atoms with van der Waals surface area (Å²) in [7, 11) is 4.73. The van der Waals surface area contributed by atoms with Gasteiger partial charge in [0.1, 0.15) is 5.75 Å². The fourth-order valence-electron chi connectivity index (χ4n) is 9.95. The van der Waals surface area contributed by atoms with Crippen molar-refractivity contribution in [3.63, 3.8) is 0 Å². The number of nitrogens with zero attached hydrogens (tertiary/aromatic N) is 2. The molecule has 0 saturated carbocycles. The first-order chi connectivity index (χ1) is 20.1. The maximum absolute atomic E-state index is 11.6. The van der Waals surface area contributed by atoms with Gasteiger partial charge in [-0.25, -0.2) is 0 Å². The minimum absolute atomic E-state index is 0.119. The predicted molar refractivity (Wildman–Crippen MR) is 198 cm³/mol. The molecule has 3 rings (SSSR count). The number of unbranched alkanes of at least 4 members (excludes halogenated alkanes) is 1. The molecular formula is C42H76N2O. The molecule has 0 bridgehead atoms. The molecule has 45 heavy (non-hydrogen) atoms. The van der Waals surface area contributed by atoms with E-state index in [-0.39, 0.29) is 38.4 Å². The van der Waals surface area contributed by atoms with Crippen LogP contribution in [0.4, 0.5) is 0 Å². The number of aromatic hydroxyl groups is 1. The lowest BCUT2D eigenvalue weighted by Gasteiger charge is -2.64. The summed E-state index contributed by atoms with van der Waals surface area (Å²) in [6.45, 7) is 38.6. The van der Waals surface area contributed by atoms with Crippen LogP contribution in [0.2, 0.25) is 0 Å². The molecule has 1 aromatic rings. The third-order valence-corrected chi connectivity index (χ3v) is 13.4. The molecule has 1 aromatic carbocycles. The highest BCUT2D eigenvalue weighted by Crippen LogP contribution is 2.60. The molecule has 2 fully saturated rings. The maximum Gasteiger partial charge on any atom is 0.123 e. The second-order valence-corrected chi connectivity index (χ2v) is 20.5. The average Bonchev–Trinajstić information content (AvgIpc) is 2.86. The number of benzene rings is 1. The number of phenolic OH excluding ortho intramolecular Hbond substituents is 1. The van der Waals surface area contributed by atoms with E-state index in [1.54, 1.807) is 0 Å². The molecule has 1 N–H and O–H groups in total. The van der Waals surface area contributed by atoms with Crippen molar-refractivity contribution in [2.45, 2.75) is 195 Å². The molecule has 1 atom stereocenters. The Balaban J connectivity index is 2.29. The number of rotatable bonds is 8. The van der Waals surface area contributed by atoms with Crippen molar-refractivity contribution in [3.05, 3.63) is 28.8 Å². The van der Waals surface area contributed by atoms with Crippen molar-refractivity contribution in [1.82, 2.24) is 9.80 Å². The van der Waals surface area contributed by atoms with Crippen LogP contribution < -0.4 is 0 Å². The second-order valence-electron chi connectivity index (χ2n) is 20.5. The largest absolute Gasteiger partial charge is 0.507 e. The van der Waals surface area contributed by atoms with Crippen LogP contribution in [0, 0.1) is 23.2 Å². The highest BCUT2D eigenvalue weighted by molar-refractivity contribution is 5.50. The predicted octanol–water partition coefficient (Wildman–Crippen LogP) is 11.1. The van der Waals surface area contributed by atoms with Gasteiger partial charge in [-0.05, 0) is 159 Å². The fraction of sp³-hybridized carbons (Fsp3) is 0.857. The lowest BCUT2D eigenvalue weighted by molar-refractivity contribution is -0.137. The zero-order valence-corrected chi connectivity index (χ0v) is 33.4. The van der Waals surface area contributed by atoms with Crippen LogP contribution in [0.15, 0.2) is 12.1 Å². The van der Waals surface area contributed by atoms with Crippen molar-refractivity contribution in [1.29, 1.82) is 0 Å². The van der Waals surface area contributed by atoms with Crippen LogP contribution in [0.1, 0.15) is 172 Å². The molecule has 0 spiro atoms. The average molecular weight is 625 g/mol. The van der Waals surface area contributed by atoms with E-state index >= 15 is 0 Å². The Kier molecular flexibility index (Phi) is 10.6. The number of likely N-dealkylation sites (tertiary alicyclic amines) is 2. The molecular weight excluding hydrogens is 548 g/mol. The van der Waals surface area contributed by atoms with Crippen LogP contribution in [-0.4, -0.2) is 51.2 Å². The normalized spacial score (nSPS) is 24.1. The van der Waals surface area contributed by atoms with Gasteiger partial charge >= 0.3 is 0 Å². The monoisotopic (exact) mass is 625 g/mol. The van der Waals surface area contributed by atoms with E-state index in [9.17, 15) is 5.11 Å². The van der Waals surface area contributed by atoms with Crippen molar-refractivity contribution in [2.75, 3.05) is 14.1 Å². The highest BCUT2D eigenvalue weighted by atomic mass is 16.3. The molecule has 3 heteroatoms. The van der Waals surface area contributed by atoms with E-state index in [1.807, 2.05) is 0 Å². The summed E-state index contributed by atoms with van der Waals surface area (Å²) in [6, 6.07) is 4.77. The number of hydrogen-bond donors (Lipinski definition) is 1. The van der Waals surface area contributed by atoms with Gasteiger partial charge in [0.05, 0.1) is 0 Å². The molecule has 0 aromatic heterocycles. The van der Waals surface area contributed by atoms with E-state index in [1.165, 1.54) is 50.5 Å². The van der Waals surface area contributed by atoms with Gasteiger partial charge in [0.25, 0.3) is 0 Å². The van der Waals surface area contributed by atoms with E-state index in [0.29, 0.717) is 23.5 Å². The van der Waals surface area contributed by atoms with Gasteiger partial charge in [0.2, 0.25) is 0 Å². The van der Waals surface area contributed by atoms with Crippen LogP contribution in [0.3, 0.4) is 0 Å². The minimum atomic E-state index is -0.119. The summed E-state index contributed by atoms with van der Waals surface area (Å²) >= 11 is 0. The van der Waals surface area contributed by atoms with Gasteiger partial charge in [0, 0.05) is 22.2 Å². The summed E-state index contributed by atoms with van der Waals surface area (Å²) in [5.41, 5.74) is 4.17. The lowest BCUT2D eigenvalue weighted by Crippen LogP contribution is -2.65. The summed E-state index contributed by atoms with van der Waals surface area (Å²) in [4.78, 5) is 5.34. The van der Waals surface area contributed by atoms with E-state index in [2.05, 4.69) is 147 Å². The molecule has 2 aliphatic rings. The van der Waals surface area contributed by atoms with E-state index in [0.717, 1.165) is 17.5 Å². The molecule has 3 nitrogen and oxygen atoms in total. The first kappa shape index (κ1) is 38.4. The zero-order valence-electron chi connectivity index (χ0n) is 33.4. The van der Waals surface area contributed by atoms with Crippen molar-refractivity contribution < 1.29 is 5.11 Å². The van der Waals surface area contributed by atoms with Crippen molar-refractivity contribution >= 4 is 0 Å². The van der Waals surface area contributed by atoms with Crippen molar-refractivity contribution in [2.24, 2.45) is 23.2 Å². The fourth-order valence-corrected chi connectivity index (χ4v) is 9.95. The van der Waals surface area contributed by atoms with Crippen LogP contribution in [0.5, 0.6) is 5.75 Å². The Labute approximate surface area is 281 Å². The Hall–Kier alpha value is -1.06. The highest BCUT2D eigenvalue weighted by Gasteiger charge is 2.57. The molecule has 0 amide bonds. The quantitative estimate of drug-likeness (QED) is 0.312. The zero-order chi connectivity index (χ0) is 34.8. The standard InChI is InChI=1S/C42H76N2O/c1-19-20-21-30(22-29-23-33(36(2,3)4)35(45)34(24-29)37(5,6)7)42(16,31-25-38(8,9)43(17)39(10,11)26-31)32-27-40(12,13)44(18)41(14,15)28-32/h23-24,30-32,45H,19-22,25-28H2,1-18H3. The van der Waals surface area contributed by atoms with Crippen molar-refractivity contribution in [3.8, 4) is 5.75 Å². The van der Waals surface area contributed by atoms with Gasteiger partial charge in [-0.2, -0.15) is 0 Å². The third kappa shape index (κ3) is 7.66. The smallest absolute Gasteiger partial charge is 0.123 e. The van der Waals surface area contributed by atoms with Gasteiger partial charge in [0.15, 0.2) is 0 Å². The first-order valence-electron chi connectivity index (χ1n) is 18.5. The molecule has 0 aliphatic carbocycles. The number of hydrogen-bond acceptors (Lipinski definition) is 3. The number of piperidine rings is 2. The first-order valence-corrected chi connectivity index (χ1v) is 18.5. The SMILES string of the molecule is CCCCC(Cc1cc(C(C)(C)C)c(O)c(C(C)(C)C)c1)C(C)(C1CC(C)(C)N(C)C(C)(C)C1)C1CC(C)(C)N(C)C(C)(C)C1. The van der Waals surface area contributed by atoms with Gasteiger partial charge in [-0.3, -0.25) is 9.80 Å². The summed E-state index contributed by atoms with van der Waals surface area (Å²) < 4.78 is 0. The third-order valence-electron chi connectivity index (χ3n) is 13.4. The lowest BCUT2D eigenvalue weighted by atomic mass is 9.49. The molecule has 0 radical (unpaired) electrons. The Morgan fingerprint density at radius 1 is 0.689 bits per heavy atom. The second kappa shape index (κ2) is 12.4. The summed E-state index contributed by atoms with van der Waals surface area (Å²) in [5, 5.41) is 11.6. The van der Waals surface area contributed by atoms with Crippen LogP contribution in [0.25, 0.3) is 0 Å². The van der Waals surface area contributed by atoms with E-state index < -0.39 is 0 Å². The minimum Gasteiger partial charge on any atom is -0.507 e. The maximum atomic E-state index is 11.6.